The number of aromatic nitrogens is 2. The molecule has 1 aromatic heterocycles. The van der Waals surface area contributed by atoms with Crippen LogP contribution in [0.3, 0.4) is 0 Å². The molecule has 2 rings (SSSR count). The van der Waals surface area contributed by atoms with Gasteiger partial charge in [0.2, 0.25) is 0 Å². The van der Waals surface area contributed by atoms with Crippen molar-refractivity contribution in [2.75, 3.05) is 19.6 Å². The predicted molar refractivity (Wildman–Crippen MR) is 74.3 cm³/mol. The molecule has 1 aromatic rings. The number of rotatable bonds is 3. The fourth-order valence-corrected chi connectivity index (χ4v) is 2.49. The molecule has 1 unspecified atom stereocenters. The van der Waals surface area contributed by atoms with Gasteiger partial charge in [0.25, 0.3) is 0 Å². The first-order valence-corrected chi connectivity index (χ1v) is 6.79. The quantitative estimate of drug-likeness (QED) is 0.890. The summed E-state index contributed by atoms with van der Waals surface area (Å²) in [6, 6.07) is 0. The summed E-state index contributed by atoms with van der Waals surface area (Å²) in [5, 5.41) is 4.45. The van der Waals surface area contributed by atoms with E-state index in [2.05, 4.69) is 43.9 Å². The molecule has 0 radical (unpaired) electrons. The van der Waals surface area contributed by atoms with Crippen LogP contribution in [0.2, 0.25) is 0 Å². The first-order valence-electron chi connectivity index (χ1n) is 6.79. The molecule has 0 amide bonds. The van der Waals surface area contributed by atoms with E-state index in [-0.39, 0.29) is 5.54 Å². The van der Waals surface area contributed by atoms with Crippen LogP contribution in [0.1, 0.15) is 39.7 Å². The summed E-state index contributed by atoms with van der Waals surface area (Å²) in [6.45, 7) is 12.8. The first kappa shape index (κ1) is 13.6. The van der Waals surface area contributed by atoms with Crippen molar-refractivity contribution >= 4 is 0 Å². The zero-order valence-corrected chi connectivity index (χ0v) is 12.1. The number of hydrogen-bond acceptors (Lipinski definition) is 3. The number of likely N-dealkylation sites (tertiary alicyclic amines) is 1. The van der Waals surface area contributed by atoms with Gasteiger partial charge in [-0.2, -0.15) is 5.10 Å². The largest absolute Gasteiger partial charge is 0.330 e. The lowest BCUT2D eigenvalue weighted by Gasteiger charge is -2.22. The lowest BCUT2D eigenvalue weighted by Crippen LogP contribution is -2.31. The molecule has 0 spiro atoms. The van der Waals surface area contributed by atoms with Crippen LogP contribution in [0, 0.1) is 5.41 Å². The maximum atomic E-state index is 5.84. The van der Waals surface area contributed by atoms with Gasteiger partial charge in [-0.1, -0.05) is 6.92 Å². The molecule has 1 atom stereocenters. The minimum Gasteiger partial charge on any atom is -0.330 e. The van der Waals surface area contributed by atoms with Gasteiger partial charge >= 0.3 is 0 Å². The molecule has 2 N–H and O–H groups in total. The van der Waals surface area contributed by atoms with Gasteiger partial charge in [-0.15, -0.1) is 0 Å². The van der Waals surface area contributed by atoms with Crippen LogP contribution < -0.4 is 5.73 Å². The third-order valence-corrected chi connectivity index (χ3v) is 3.86. The Bertz CT molecular complexity index is 404. The molecule has 1 aliphatic heterocycles. The van der Waals surface area contributed by atoms with Gasteiger partial charge in [-0.05, 0) is 45.7 Å². The summed E-state index contributed by atoms with van der Waals surface area (Å²) >= 11 is 0. The van der Waals surface area contributed by atoms with Crippen molar-refractivity contribution in [2.45, 2.75) is 46.2 Å². The molecule has 1 aliphatic rings. The Hall–Kier alpha value is -0.870. The SMILES string of the molecule is CC1(CN)CCN(Cc2cnn(C(C)(C)C)c2)C1. The first-order chi connectivity index (χ1) is 8.32. The van der Waals surface area contributed by atoms with Crippen molar-refractivity contribution in [3.8, 4) is 0 Å². The number of nitrogens with two attached hydrogens (primary N) is 1. The summed E-state index contributed by atoms with van der Waals surface area (Å²) in [7, 11) is 0. The highest BCUT2D eigenvalue weighted by Crippen LogP contribution is 2.29. The minimum atomic E-state index is 0.0645. The zero-order valence-electron chi connectivity index (χ0n) is 12.1. The highest BCUT2D eigenvalue weighted by Gasteiger charge is 2.32. The van der Waals surface area contributed by atoms with E-state index in [9.17, 15) is 0 Å². The van der Waals surface area contributed by atoms with Crippen LogP contribution >= 0.6 is 0 Å². The Morgan fingerprint density at radius 1 is 1.44 bits per heavy atom. The van der Waals surface area contributed by atoms with Crippen molar-refractivity contribution in [2.24, 2.45) is 11.1 Å². The second-order valence-corrected chi connectivity index (χ2v) is 6.94. The molecule has 0 bridgehead atoms. The average molecular weight is 250 g/mol. The third-order valence-electron chi connectivity index (χ3n) is 3.86. The Kier molecular flexibility index (Phi) is 3.52. The molecule has 18 heavy (non-hydrogen) atoms. The minimum absolute atomic E-state index is 0.0645. The van der Waals surface area contributed by atoms with Crippen molar-refractivity contribution in [3.63, 3.8) is 0 Å². The summed E-state index contributed by atoms with van der Waals surface area (Å²) < 4.78 is 2.04. The summed E-state index contributed by atoms with van der Waals surface area (Å²) in [6.07, 6.45) is 5.36. The van der Waals surface area contributed by atoms with Gasteiger partial charge in [-0.3, -0.25) is 9.58 Å². The summed E-state index contributed by atoms with van der Waals surface area (Å²) in [5.41, 5.74) is 7.51. The zero-order chi connectivity index (χ0) is 13.4. The lowest BCUT2D eigenvalue weighted by atomic mass is 9.90. The molecule has 0 aliphatic carbocycles. The Labute approximate surface area is 110 Å². The van der Waals surface area contributed by atoms with Crippen molar-refractivity contribution in [1.29, 1.82) is 0 Å². The predicted octanol–water partition coefficient (Wildman–Crippen LogP) is 1.81. The van der Waals surface area contributed by atoms with E-state index in [4.69, 9.17) is 5.73 Å². The fourth-order valence-electron chi connectivity index (χ4n) is 2.49. The molecule has 1 saturated heterocycles. The maximum Gasteiger partial charge on any atom is 0.0543 e. The summed E-state index contributed by atoms with van der Waals surface area (Å²) in [4.78, 5) is 2.48. The van der Waals surface area contributed by atoms with Crippen molar-refractivity contribution in [1.82, 2.24) is 14.7 Å². The highest BCUT2D eigenvalue weighted by molar-refractivity contribution is 5.06. The van der Waals surface area contributed by atoms with Crippen LogP contribution in [0.15, 0.2) is 12.4 Å². The van der Waals surface area contributed by atoms with Crippen molar-refractivity contribution in [3.05, 3.63) is 18.0 Å². The van der Waals surface area contributed by atoms with E-state index in [1.54, 1.807) is 0 Å². The Morgan fingerprint density at radius 3 is 2.67 bits per heavy atom. The molecule has 102 valence electrons. The van der Waals surface area contributed by atoms with Gasteiger partial charge < -0.3 is 5.73 Å². The van der Waals surface area contributed by atoms with Crippen LogP contribution in [-0.2, 0) is 12.1 Å². The molecule has 4 nitrogen and oxygen atoms in total. The maximum absolute atomic E-state index is 5.84. The molecule has 4 heteroatoms. The topological polar surface area (TPSA) is 47.1 Å². The second-order valence-electron chi connectivity index (χ2n) is 6.94. The van der Waals surface area contributed by atoms with Crippen LogP contribution in [0.25, 0.3) is 0 Å². The lowest BCUT2D eigenvalue weighted by molar-refractivity contribution is 0.274. The molecule has 0 aromatic carbocycles. The van der Waals surface area contributed by atoms with Gasteiger partial charge in [0, 0.05) is 24.8 Å². The van der Waals surface area contributed by atoms with E-state index in [0.717, 1.165) is 26.2 Å². The van der Waals surface area contributed by atoms with Gasteiger partial charge in [-0.25, -0.2) is 0 Å². The van der Waals surface area contributed by atoms with E-state index < -0.39 is 0 Å². The Morgan fingerprint density at radius 2 is 2.17 bits per heavy atom. The molecular weight excluding hydrogens is 224 g/mol. The number of hydrogen-bond donors (Lipinski definition) is 1. The fraction of sp³-hybridized carbons (Fsp3) is 0.786. The average Bonchev–Trinajstić information content (AvgIpc) is 2.86. The summed E-state index contributed by atoms with van der Waals surface area (Å²) in [5.74, 6) is 0. The van der Waals surface area contributed by atoms with Gasteiger partial charge in [0.15, 0.2) is 0 Å². The van der Waals surface area contributed by atoms with Crippen LogP contribution in [0.4, 0.5) is 0 Å². The van der Waals surface area contributed by atoms with Gasteiger partial charge in [0.1, 0.15) is 0 Å². The van der Waals surface area contributed by atoms with E-state index in [1.807, 2.05) is 10.9 Å². The highest BCUT2D eigenvalue weighted by atomic mass is 15.3. The van der Waals surface area contributed by atoms with E-state index >= 15 is 0 Å². The monoisotopic (exact) mass is 250 g/mol. The van der Waals surface area contributed by atoms with E-state index in [1.165, 1.54) is 12.0 Å². The molecule has 2 heterocycles. The molecule has 0 saturated carbocycles. The third kappa shape index (κ3) is 2.93. The van der Waals surface area contributed by atoms with Crippen LogP contribution in [0.5, 0.6) is 0 Å². The van der Waals surface area contributed by atoms with Gasteiger partial charge in [0.05, 0.1) is 11.7 Å². The Balaban J connectivity index is 1.97. The van der Waals surface area contributed by atoms with Crippen molar-refractivity contribution < 1.29 is 0 Å². The normalized spacial score (nSPS) is 25.8. The molecular formula is C14H26N4. The standard InChI is InChI=1S/C14H26N4/c1-13(2,3)18-9-12(7-16-18)8-17-6-5-14(4,10-15)11-17/h7,9H,5-6,8,10-11,15H2,1-4H3. The smallest absolute Gasteiger partial charge is 0.0543 e. The van der Waals surface area contributed by atoms with Crippen LogP contribution in [-0.4, -0.2) is 34.3 Å². The van der Waals surface area contributed by atoms with E-state index in [0.29, 0.717) is 5.41 Å². The second kappa shape index (κ2) is 4.67. The number of nitrogens with zero attached hydrogens (tertiary/aromatic N) is 3. The molecule has 1 fully saturated rings.